The van der Waals surface area contributed by atoms with Crippen molar-refractivity contribution in [1.29, 1.82) is 5.26 Å². The van der Waals surface area contributed by atoms with Gasteiger partial charge < -0.3 is 15.8 Å². The Labute approximate surface area is 172 Å². The Morgan fingerprint density at radius 2 is 2.11 bits per heavy atom. The summed E-state index contributed by atoms with van der Waals surface area (Å²) in [5.74, 6) is 0.0274. The molecule has 1 aromatic carbocycles. The molecule has 2 rings (SSSR count). The first-order valence-electron chi connectivity index (χ1n) is 8.90. The van der Waals surface area contributed by atoms with E-state index in [1.807, 2.05) is 19.9 Å². The highest BCUT2D eigenvalue weighted by molar-refractivity contribution is 7.89. The van der Waals surface area contributed by atoms with Crippen molar-refractivity contribution in [3.8, 4) is 6.07 Å². The third kappa shape index (κ3) is 6.15. The minimum Gasteiger partial charge on any atom is -0.374 e. The predicted molar refractivity (Wildman–Crippen MR) is 107 cm³/mol. The number of hydrogen-bond donors (Lipinski definition) is 2. The van der Waals surface area contributed by atoms with E-state index in [1.165, 1.54) is 16.4 Å². The Bertz CT molecular complexity index is 810. The molecular formula is C18H27ClN4O4S. The van der Waals surface area contributed by atoms with Crippen LogP contribution < -0.4 is 11.1 Å². The summed E-state index contributed by atoms with van der Waals surface area (Å²) in [4.78, 5) is 12.0. The highest BCUT2D eigenvalue weighted by Crippen LogP contribution is 2.21. The van der Waals surface area contributed by atoms with Crippen LogP contribution in [0.1, 0.15) is 25.8 Å². The average Bonchev–Trinajstić information content (AvgIpc) is 2.65. The quantitative estimate of drug-likeness (QED) is 0.660. The maximum atomic E-state index is 12.9. The van der Waals surface area contributed by atoms with E-state index in [4.69, 9.17) is 10.5 Å². The standard InChI is InChI=1S/C18H26N4O4S.ClH/c1-13(2)9-16(20)18(23)21-11-15-12-22(7-8-26-15)27(24,25)17-6-4-3-5-14(17)10-19;/h3-6,13,15-16H,7-9,11-12,20H2,1-2H3,(H,21,23);1H/t15-,16+;/m1./s1. The second-order valence-electron chi connectivity index (χ2n) is 6.95. The van der Waals surface area contributed by atoms with E-state index in [0.29, 0.717) is 12.3 Å². The number of nitriles is 1. The van der Waals surface area contributed by atoms with Crippen LogP contribution in [0.25, 0.3) is 0 Å². The number of benzene rings is 1. The zero-order chi connectivity index (χ0) is 20.0. The number of morpholine rings is 1. The molecular weight excluding hydrogens is 404 g/mol. The monoisotopic (exact) mass is 430 g/mol. The minimum absolute atomic E-state index is 0. The van der Waals surface area contributed by atoms with Crippen LogP contribution in [0.5, 0.6) is 0 Å². The highest BCUT2D eigenvalue weighted by atomic mass is 35.5. The molecule has 2 atom stereocenters. The number of amides is 1. The molecule has 3 N–H and O–H groups in total. The molecule has 1 aromatic rings. The third-order valence-electron chi connectivity index (χ3n) is 4.29. The summed E-state index contributed by atoms with van der Waals surface area (Å²) in [6.07, 6.45) is 0.0981. The number of nitrogens with two attached hydrogens (primary N) is 1. The molecule has 1 saturated heterocycles. The SMILES string of the molecule is CC(C)C[C@H](N)C(=O)NC[C@@H]1CN(S(=O)(=O)c2ccccc2C#N)CCO1.Cl. The van der Waals surface area contributed by atoms with Crippen LogP contribution in [0, 0.1) is 17.2 Å². The van der Waals surface area contributed by atoms with E-state index < -0.39 is 22.2 Å². The number of rotatable bonds is 7. The molecule has 0 aromatic heterocycles. The van der Waals surface area contributed by atoms with Gasteiger partial charge in [-0.2, -0.15) is 9.57 Å². The number of carbonyl (C=O) groups excluding carboxylic acids is 1. The third-order valence-corrected chi connectivity index (χ3v) is 6.22. The molecule has 1 heterocycles. The Balaban J connectivity index is 0.00000392. The second kappa shape index (κ2) is 10.7. The van der Waals surface area contributed by atoms with Gasteiger partial charge in [-0.05, 0) is 24.5 Å². The van der Waals surface area contributed by atoms with E-state index in [9.17, 15) is 18.5 Å². The van der Waals surface area contributed by atoms with Gasteiger partial charge in [-0.15, -0.1) is 12.4 Å². The Hall–Kier alpha value is -1.70. The lowest BCUT2D eigenvalue weighted by Gasteiger charge is -2.32. The van der Waals surface area contributed by atoms with Gasteiger partial charge in [0.1, 0.15) is 6.07 Å². The van der Waals surface area contributed by atoms with Crippen molar-refractivity contribution in [2.24, 2.45) is 11.7 Å². The summed E-state index contributed by atoms with van der Waals surface area (Å²) in [6, 6.07) is 7.41. The van der Waals surface area contributed by atoms with Crippen molar-refractivity contribution in [3.05, 3.63) is 29.8 Å². The molecule has 1 amide bonds. The van der Waals surface area contributed by atoms with Crippen LogP contribution in [0.3, 0.4) is 0 Å². The smallest absolute Gasteiger partial charge is 0.244 e. The van der Waals surface area contributed by atoms with E-state index in [2.05, 4.69) is 5.32 Å². The van der Waals surface area contributed by atoms with Gasteiger partial charge in [-0.25, -0.2) is 8.42 Å². The fraction of sp³-hybridized carbons (Fsp3) is 0.556. The number of carbonyl (C=O) groups is 1. The summed E-state index contributed by atoms with van der Waals surface area (Å²) >= 11 is 0. The first-order valence-corrected chi connectivity index (χ1v) is 10.3. The van der Waals surface area contributed by atoms with Crippen molar-refractivity contribution >= 4 is 28.3 Å². The highest BCUT2D eigenvalue weighted by Gasteiger charge is 2.32. The van der Waals surface area contributed by atoms with Crippen LogP contribution in [0.15, 0.2) is 29.2 Å². The molecule has 0 spiro atoms. The van der Waals surface area contributed by atoms with E-state index >= 15 is 0 Å². The molecule has 0 saturated carbocycles. The topological polar surface area (TPSA) is 126 Å². The van der Waals surface area contributed by atoms with Crippen LogP contribution in [0.2, 0.25) is 0 Å². The van der Waals surface area contributed by atoms with E-state index in [0.717, 1.165) is 0 Å². The molecule has 1 aliphatic heterocycles. The molecule has 0 aliphatic carbocycles. The number of ether oxygens (including phenoxy) is 1. The first-order chi connectivity index (χ1) is 12.8. The molecule has 10 heteroatoms. The number of halogens is 1. The lowest BCUT2D eigenvalue weighted by Crippen LogP contribution is -2.51. The Kier molecular flexibility index (Phi) is 9.33. The van der Waals surface area contributed by atoms with Gasteiger partial charge in [-0.3, -0.25) is 4.79 Å². The largest absolute Gasteiger partial charge is 0.374 e. The first kappa shape index (κ1) is 24.3. The summed E-state index contributed by atoms with van der Waals surface area (Å²) < 4.78 is 32.7. The number of sulfonamides is 1. The van der Waals surface area contributed by atoms with Crippen molar-refractivity contribution < 1.29 is 17.9 Å². The van der Waals surface area contributed by atoms with Gasteiger partial charge in [0.2, 0.25) is 15.9 Å². The molecule has 1 fully saturated rings. The van der Waals surface area contributed by atoms with Crippen molar-refractivity contribution in [1.82, 2.24) is 9.62 Å². The minimum atomic E-state index is -3.82. The number of hydrogen-bond acceptors (Lipinski definition) is 6. The molecule has 0 bridgehead atoms. The molecule has 8 nitrogen and oxygen atoms in total. The maximum absolute atomic E-state index is 12.9. The summed E-state index contributed by atoms with van der Waals surface area (Å²) in [7, 11) is -3.82. The van der Waals surface area contributed by atoms with Gasteiger partial charge in [0, 0.05) is 19.6 Å². The normalized spacial score (nSPS) is 18.8. The average molecular weight is 431 g/mol. The molecule has 28 heavy (non-hydrogen) atoms. The molecule has 0 radical (unpaired) electrons. The van der Waals surface area contributed by atoms with Crippen molar-refractivity contribution in [3.63, 3.8) is 0 Å². The Morgan fingerprint density at radius 3 is 2.75 bits per heavy atom. The lowest BCUT2D eigenvalue weighted by molar-refractivity contribution is -0.123. The van der Waals surface area contributed by atoms with Gasteiger partial charge in [0.15, 0.2) is 0 Å². The maximum Gasteiger partial charge on any atom is 0.244 e. The van der Waals surface area contributed by atoms with E-state index in [-0.39, 0.29) is 55.0 Å². The van der Waals surface area contributed by atoms with Gasteiger partial charge in [-0.1, -0.05) is 26.0 Å². The second-order valence-corrected chi connectivity index (χ2v) is 8.85. The molecule has 156 valence electrons. The number of nitrogens with one attached hydrogen (secondary N) is 1. The molecule has 0 unspecified atom stereocenters. The van der Waals surface area contributed by atoms with Crippen molar-refractivity contribution in [2.45, 2.75) is 37.3 Å². The summed E-state index contributed by atoms with van der Waals surface area (Å²) in [5.41, 5.74) is 5.95. The van der Waals surface area contributed by atoms with Gasteiger partial charge in [0.05, 0.1) is 29.2 Å². The molecule has 1 aliphatic rings. The zero-order valence-corrected chi connectivity index (χ0v) is 17.6. The van der Waals surface area contributed by atoms with Crippen LogP contribution in [-0.2, 0) is 19.6 Å². The van der Waals surface area contributed by atoms with Gasteiger partial charge >= 0.3 is 0 Å². The zero-order valence-electron chi connectivity index (χ0n) is 16.0. The van der Waals surface area contributed by atoms with Gasteiger partial charge in [0.25, 0.3) is 0 Å². The van der Waals surface area contributed by atoms with Crippen LogP contribution in [0.4, 0.5) is 0 Å². The van der Waals surface area contributed by atoms with Crippen molar-refractivity contribution in [2.75, 3.05) is 26.2 Å². The van der Waals surface area contributed by atoms with Crippen LogP contribution in [-0.4, -0.2) is 57.0 Å². The fourth-order valence-electron chi connectivity index (χ4n) is 2.92. The Morgan fingerprint density at radius 1 is 1.43 bits per heavy atom. The predicted octanol–water partition coefficient (Wildman–Crippen LogP) is 0.859. The van der Waals surface area contributed by atoms with Crippen LogP contribution >= 0.6 is 12.4 Å². The summed E-state index contributed by atoms with van der Waals surface area (Å²) in [6.45, 7) is 4.66. The van der Waals surface area contributed by atoms with E-state index in [1.54, 1.807) is 12.1 Å². The lowest BCUT2D eigenvalue weighted by atomic mass is 10.0. The summed E-state index contributed by atoms with van der Waals surface area (Å²) in [5, 5.41) is 11.9. The number of nitrogens with zero attached hydrogens (tertiary/aromatic N) is 2. The fourth-order valence-corrected chi connectivity index (χ4v) is 4.52.